The number of thioether (sulfide) groups is 1. The van der Waals surface area contributed by atoms with Crippen LogP contribution in [0, 0.1) is 11.8 Å². The zero-order valence-electron chi connectivity index (χ0n) is 36.5. The fraction of sp³-hybridized carbons (Fsp3) is 0.711. The first kappa shape index (κ1) is 57.4. The van der Waals surface area contributed by atoms with E-state index in [-0.39, 0.29) is 43.9 Å². The Morgan fingerprint density at radius 1 is 0.556 bits per heavy atom. The van der Waals surface area contributed by atoms with Gasteiger partial charge < -0.3 is 69.7 Å². The van der Waals surface area contributed by atoms with E-state index in [1.165, 1.54) is 18.7 Å². The summed E-state index contributed by atoms with van der Waals surface area (Å²) in [4.78, 5) is 140. The molecule has 0 aliphatic rings. The Hall–Kier alpha value is -5.56. The van der Waals surface area contributed by atoms with E-state index in [9.17, 15) is 63.0 Å². The number of hydrogen-bond acceptors (Lipinski definition) is 14. The molecule has 0 aromatic heterocycles. The van der Waals surface area contributed by atoms with Gasteiger partial charge in [0.15, 0.2) is 0 Å². The van der Waals surface area contributed by atoms with E-state index in [2.05, 4.69) is 31.9 Å². The molecule has 24 nitrogen and oxygen atoms in total. The number of carbonyl (C=O) groups excluding carboxylic acids is 8. The lowest BCUT2D eigenvalue weighted by atomic mass is 9.96. The quantitative estimate of drug-likeness (QED) is 0.0293. The van der Waals surface area contributed by atoms with Crippen LogP contribution in [-0.4, -0.2) is 147 Å². The molecule has 0 aromatic rings. The van der Waals surface area contributed by atoms with E-state index >= 15 is 0 Å². The van der Waals surface area contributed by atoms with Gasteiger partial charge in [-0.25, -0.2) is 4.79 Å². The van der Waals surface area contributed by atoms with Crippen molar-refractivity contribution in [3.8, 4) is 0 Å². The van der Waals surface area contributed by atoms with Crippen molar-refractivity contribution in [3.63, 3.8) is 0 Å². The fourth-order valence-electron chi connectivity index (χ4n) is 5.75. The van der Waals surface area contributed by atoms with Gasteiger partial charge in [-0.1, -0.05) is 34.1 Å². The van der Waals surface area contributed by atoms with Gasteiger partial charge in [0.05, 0.1) is 25.3 Å². The van der Waals surface area contributed by atoms with Gasteiger partial charge in [0.1, 0.15) is 42.3 Å². The standard InChI is InChI=1S/C38H66N10O14S/c1-7-19(4)30(48-33(56)21(10-8-9-12-39)42-34(57)23(14-18(2)3)44-31(54)20(5)40)37(60)46-25(16-28(50)51)36(59)45-24(15-27(41)49)35(58)43-22(11-13-63-6)32(55)47-26(38(61)62)17-29(52)53/h18-26,30H,7-17,39-40H2,1-6H3,(H2,41,49)(H,42,57)(H,43,58)(H,44,54)(H,45,59)(H,46,60)(H,47,55)(H,48,56)(H,50,51)(H,52,53)(H,61,62)/t19-,20-,21-,22-,23-,24-,25-,26-,30-/m0/s1. The van der Waals surface area contributed by atoms with Crippen molar-refractivity contribution in [2.75, 3.05) is 18.6 Å². The molecule has 0 saturated carbocycles. The third-order valence-electron chi connectivity index (χ3n) is 9.41. The van der Waals surface area contributed by atoms with Crippen molar-refractivity contribution in [1.82, 2.24) is 37.2 Å². The Morgan fingerprint density at radius 2 is 0.984 bits per heavy atom. The average molecular weight is 919 g/mol. The van der Waals surface area contributed by atoms with E-state index in [0.717, 1.165) is 0 Å². The van der Waals surface area contributed by atoms with E-state index in [1.807, 2.05) is 19.2 Å². The van der Waals surface area contributed by atoms with Crippen LogP contribution in [0.15, 0.2) is 0 Å². The summed E-state index contributed by atoms with van der Waals surface area (Å²) in [5.74, 6) is -13.2. The molecule has 0 aliphatic carbocycles. The second-order valence-electron chi connectivity index (χ2n) is 15.4. The van der Waals surface area contributed by atoms with Crippen molar-refractivity contribution < 1.29 is 68.1 Å². The molecule has 25 heteroatoms. The normalized spacial score (nSPS) is 15.3. The number of amides is 8. The van der Waals surface area contributed by atoms with E-state index in [1.54, 1.807) is 20.1 Å². The van der Waals surface area contributed by atoms with Crippen LogP contribution in [0.25, 0.3) is 0 Å². The molecular weight excluding hydrogens is 853 g/mol. The lowest BCUT2D eigenvalue weighted by Crippen LogP contribution is -2.61. The van der Waals surface area contributed by atoms with Crippen molar-refractivity contribution in [3.05, 3.63) is 0 Å². The molecule has 0 radical (unpaired) electrons. The minimum Gasteiger partial charge on any atom is -0.481 e. The third kappa shape index (κ3) is 22.9. The van der Waals surface area contributed by atoms with E-state index in [4.69, 9.17) is 22.3 Å². The number of unbranched alkanes of at least 4 members (excludes halogenated alkanes) is 1. The number of primary amides is 1. The minimum absolute atomic E-state index is 0.0626. The number of carboxylic acid groups (broad SMARTS) is 3. The number of aliphatic carboxylic acids is 3. The summed E-state index contributed by atoms with van der Waals surface area (Å²) in [6.07, 6.45) is -0.0577. The number of carbonyl (C=O) groups is 11. The van der Waals surface area contributed by atoms with Gasteiger partial charge in [0.2, 0.25) is 47.3 Å². The molecule has 9 atom stereocenters. The van der Waals surface area contributed by atoms with Crippen molar-refractivity contribution in [2.45, 2.75) is 141 Å². The maximum absolute atomic E-state index is 13.9. The van der Waals surface area contributed by atoms with Gasteiger partial charge >= 0.3 is 17.9 Å². The van der Waals surface area contributed by atoms with Gasteiger partial charge in [0.25, 0.3) is 0 Å². The molecule has 16 N–H and O–H groups in total. The zero-order chi connectivity index (χ0) is 48.6. The van der Waals surface area contributed by atoms with Crippen molar-refractivity contribution in [1.29, 1.82) is 0 Å². The fourth-order valence-corrected chi connectivity index (χ4v) is 6.22. The molecule has 0 aliphatic heterocycles. The molecule has 0 unspecified atom stereocenters. The number of nitrogens with one attached hydrogen (secondary N) is 7. The number of carboxylic acids is 3. The van der Waals surface area contributed by atoms with Crippen LogP contribution in [0.4, 0.5) is 0 Å². The van der Waals surface area contributed by atoms with E-state index < -0.39 is 139 Å². The van der Waals surface area contributed by atoms with Gasteiger partial charge in [-0.05, 0) is 69.4 Å². The smallest absolute Gasteiger partial charge is 0.326 e. The topological polar surface area (TPSA) is 411 Å². The SMILES string of the molecule is CC[C@H](C)[C@H](NC(=O)[C@H](CCCCN)NC(=O)[C@H](CC(C)C)NC(=O)[C@H](C)N)C(=O)N[C@@H](CC(=O)O)C(=O)N[C@@H](CC(N)=O)C(=O)N[C@@H](CCSC)C(=O)N[C@@H](CC(=O)O)C(=O)O. The zero-order valence-corrected chi connectivity index (χ0v) is 37.3. The number of rotatable bonds is 32. The van der Waals surface area contributed by atoms with E-state index in [0.29, 0.717) is 12.8 Å². The summed E-state index contributed by atoms with van der Waals surface area (Å²) < 4.78 is 0. The predicted molar refractivity (Wildman–Crippen MR) is 228 cm³/mol. The molecule has 63 heavy (non-hydrogen) atoms. The van der Waals surface area contributed by atoms with Gasteiger partial charge in [0, 0.05) is 0 Å². The van der Waals surface area contributed by atoms with Crippen molar-refractivity contribution in [2.24, 2.45) is 29.0 Å². The Kier molecular flexibility index (Phi) is 27.1. The Balaban J connectivity index is 6.56. The molecule has 0 heterocycles. The van der Waals surface area contributed by atoms with Crippen LogP contribution in [0.3, 0.4) is 0 Å². The molecule has 0 fully saturated rings. The van der Waals surface area contributed by atoms with Gasteiger partial charge in [-0.3, -0.25) is 47.9 Å². The number of nitrogens with two attached hydrogens (primary N) is 3. The predicted octanol–water partition coefficient (Wildman–Crippen LogP) is -3.39. The molecule has 8 amide bonds. The highest BCUT2D eigenvalue weighted by molar-refractivity contribution is 7.98. The Morgan fingerprint density at radius 3 is 1.44 bits per heavy atom. The van der Waals surface area contributed by atoms with Crippen LogP contribution in [-0.2, 0) is 52.7 Å². The molecule has 358 valence electrons. The first-order valence-electron chi connectivity index (χ1n) is 20.4. The molecule has 0 saturated heterocycles. The first-order valence-corrected chi connectivity index (χ1v) is 21.8. The van der Waals surface area contributed by atoms with Crippen LogP contribution in [0.5, 0.6) is 0 Å². The first-order chi connectivity index (χ1) is 29.4. The largest absolute Gasteiger partial charge is 0.481 e. The minimum atomic E-state index is -1.94. The Labute approximate surface area is 369 Å². The highest BCUT2D eigenvalue weighted by Gasteiger charge is 2.36. The third-order valence-corrected chi connectivity index (χ3v) is 10.1. The van der Waals surface area contributed by atoms with Gasteiger partial charge in [-0.2, -0.15) is 11.8 Å². The highest BCUT2D eigenvalue weighted by atomic mass is 32.2. The molecule has 0 rings (SSSR count). The van der Waals surface area contributed by atoms with Crippen LogP contribution in [0.1, 0.15) is 92.4 Å². The van der Waals surface area contributed by atoms with Crippen LogP contribution in [0.2, 0.25) is 0 Å². The number of hydrogen-bond donors (Lipinski definition) is 13. The summed E-state index contributed by atoms with van der Waals surface area (Å²) in [6, 6.07) is -11.9. The maximum atomic E-state index is 13.9. The highest BCUT2D eigenvalue weighted by Crippen LogP contribution is 2.13. The molecular formula is C38H66N10O14S. The summed E-state index contributed by atoms with van der Waals surface area (Å²) in [6.45, 7) is 8.61. The van der Waals surface area contributed by atoms with Crippen molar-refractivity contribution >= 4 is 76.9 Å². The monoisotopic (exact) mass is 918 g/mol. The lowest BCUT2D eigenvalue weighted by molar-refractivity contribution is -0.147. The molecule has 0 spiro atoms. The lowest BCUT2D eigenvalue weighted by Gasteiger charge is -2.29. The molecule has 0 aromatic carbocycles. The summed E-state index contributed by atoms with van der Waals surface area (Å²) in [5.41, 5.74) is 16.7. The van der Waals surface area contributed by atoms with Crippen LogP contribution < -0.4 is 54.4 Å². The Bertz CT molecular complexity index is 1620. The summed E-state index contributed by atoms with van der Waals surface area (Å²) in [7, 11) is 0. The second-order valence-corrected chi connectivity index (χ2v) is 16.4. The average Bonchev–Trinajstić information content (AvgIpc) is 3.18. The van der Waals surface area contributed by atoms with Gasteiger partial charge in [-0.15, -0.1) is 0 Å². The molecule has 0 bridgehead atoms. The van der Waals surface area contributed by atoms with Crippen LogP contribution >= 0.6 is 11.8 Å². The second kappa shape index (κ2) is 29.7. The maximum Gasteiger partial charge on any atom is 0.326 e. The summed E-state index contributed by atoms with van der Waals surface area (Å²) >= 11 is 1.23. The summed E-state index contributed by atoms with van der Waals surface area (Å²) in [5, 5.41) is 44.6.